The lowest BCUT2D eigenvalue weighted by atomic mass is 10.2. The molecule has 0 unspecified atom stereocenters. The first-order valence-corrected chi connectivity index (χ1v) is 8.00. The number of amides is 1. The Morgan fingerprint density at radius 2 is 2.10 bits per heavy atom. The molecule has 0 radical (unpaired) electrons. The van der Waals surface area contributed by atoms with Crippen molar-refractivity contribution in [3.05, 3.63) is 28.8 Å². The topological polar surface area (TPSA) is 75.7 Å². The third-order valence-corrected chi connectivity index (χ3v) is 4.15. The minimum absolute atomic E-state index is 0.256. The number of hydrogen-bond acceptors (Lipinski definition) is 4. The van der Waals surface area contributed by atoms with E-state index >= 15 is 0 Å². The van der Waals surface area contributed by atoms with Crippen LogP contribution in [0.3, 0.4) is 0 Å². The monoisotopic (exact) mass is 320 g/mol. The Labute approximate surface area is 123 Å². The summed E-state index contributed by atoms with van der Waals surface area (Å²) >= 11 is 5.97. The van der Waals surface area contributed by atoms with E-state index in [2.05, 4.69) is 5.32 Å². The maximum atomic E-state index is 11.9. The molecule has 0 atom stereocenters. The van der Waals surface area contributed by atoms with Gasteiger partial charge in [0.1, 0.15) is 0 Å². The van der Waals surface area contributed by atoms with Crippen LogP contribution in [0, 0.1) is 0 Å². The number of sulfonamides is 1. The predicted octanol–water partition coefficient (Wildman–Crippen LogP) is 1.11. The molecule has 20 heavy (non-hydrogen) atoms. The highest BCUT2D eigenvalue weighted by atomic mass is 35.5. The first-order valence-electron chi connectivity index (χ1n) is 5.78. The summed E-state index contributed by atoms with van der Waals surface area (Å²) in [7, 11) is -0.531. The van der Waals surface area contributed by atoms with Gasteiger partial charge in [-0.1, -0.05) is 11.6 Å². The molecule has 0 spiro atoms. The van der Waals surface area contributed by atoms with Crippen molar-refractivity contribution in [2.24, 2.45) is 0 Å². The normalized spacial score (nSPS) is 11.2. The minimum Gasteiger partial charge on any atom is -0.383 e. The van der Waals surface area contributed by atoms with Crippen LogP contribution in [0.5, 0.6) is 0 Å². The van der Waals surface area contributed by atoms with Crippen LogP contribution in [0.4, 0.5) is 5.69 Å². The Bertz CT molecular complexity index is 589. The zero-order chi connectivity index (χ0) is 15.3. The average molecular weight is 321 g/mol. The van der Waals surface area contributed by atoms with Crippen molar-refractivity contribution in [3.8, 4) is 0 Å². The van der Waals surface area contributed by atoms with Crippen LogP contribution < -0.4 is 9.62 Å². The van der Waals surface area contributed by atoms with Crippen molar-refractivity contribution in [1.29, 1.82) is 0 Å². The SMILES string of the molecule is COCCNC(=O)c1ccc(Cl)c(N(C)S(C)(=O)=O)c1. The third kappa shape index (κ3) is 4.36. The van der Waals surface area contributed by atoms with Gasteiger partial charge in [0, 0.05) is 26.3 Å². The minimum atomic E-state index is -3.44. The van der Waals surface area contributed by atoms with Gasteiger partial charge in [-0.3, -0.25) is 9.10 Å². The van der Waals surface area contributed by atoms with Crippen molar-refractivity contribution in [1.82, 2.24) is 5.32 Å². The first kappa shape index (κ1) is 16.7. The Morgan fingerprint density at radius 3 is 2.65 bits per heavy atom. The third-order valence-electron chi connectivity index (χ3n) is 2.64. The number of methoxy groups -OCH3 is 1. The molecular formula is C12H17ClN2O4S. The standard InChI is InChI=1S/C12H17ClN2O4S/c1-15(20(3,17)18)11-8-9(4-5-10(11)13)12(16)14-6-7-19-2/h4-5,8H,6-7H2,1-3H3,(H,14,16). The molecule has 0 bridgehead atoms. The van der Waals surface area contributed by atoms with E-state index in [1.165, 1.54) is 32.4 Å². The fourth-order valence-electron chi connectivity index (χ4n) is 1.44. The van der Waals surface area contributed by atoms with E-state index in [0.29, 0.717) is 18.7 Å². The van der Waals surface area contributed by atoms with Gasteiger partial charge in [0.05, 0.1) is 23.6 Å². The first-order chi connectivity index (χ1) is 9.27. The van der Waals surface area contributed by atoms with Gasteiger partial charge in [-0.05, 0) is 18.2 Å². The Hall–Kier alpha value is -1.31. The molecule has 1 rings (SSSR count). The molecule has 1 N–H and O–H groups in total. The van der Waals surface area contributed by atoms with Crippen LogP contribution in [-0.4, -0.2) is 47.9 Å². The summed E-state index contributed by atoms with van der Waals surface area (Å²) in [4.78, 5) is 11.9. The fraction of sp³-hybridized carbons (Fsp3) is 0.417. The molecule has 0 aliphatic carbocycles. The van der Waals surface area contributed by atoms with Crippen LogP contribution in [0.25, 0.3) is 0 Å². The summed E-state index contributed by atoms with van der Waals surface area (Å²) in [5.41, 5.74) is 0.588. The maximum absolute atomic E-state index is 11.9. The van der Waals surface area contributed by atoms with Crippen LogP contribution >= 0.6 is 11.6 Å². The molecule has 1 aromatic rings. The molecule has 1 amide bonds. The number of nitrogens with zero attached hydrogens (tertiary/aromatic N) is 1. The van der Waals surface area contributed by atoms with E-state index in [4.69, 9.17) is 16.3 Å². The number of halogens is 1. The van der Waals surface area contributed by atoms with E-state index in [-0.39, 0.29) is 16.6 Å². The summed E-state index contributed by atoms with van der Waals surface area (Å²) in [6, 6.07) is 4.46. The van der Waals surface area contributed by atoms with Gasteiger partial charge in [0.25, 0.3) is 5.91 Å². The van der Waals surface area contributed by atoms with E-state index in [1.807, 2.05) is 0 Å². The fourth-order valence-corrected chi connectivity index (χ4v) is 2.25. The van der Waals surface area contributed by atoms with Gasteiger partial charge in [-0.2, -0.15) is 0 Å². The van der Waals surface area contributed by atoms with Crippen molar-refractivity contribution in [2.45, 2.75) is 0 Å². The summed E-state index contributed by atoms with van der Waals surface area (Å²) in [6.07, 6.45) is 1.06. The molecule has 8 heteroatoms. The number of nitrogens with one attached hydrogen (secondary N) is 1. The van der Waals surface area contributed by atoms with Gasteiger partial charge in [-0.25, -0.2) is 8.42 Å². The zero-order valence-electron chi connectivity index (χ0n) is 11.5. The molecule has 0 fully saturated rings. The molecule has 6 nitrogen and oxygen atoms in total. The lowest BCUT2D eigenvalue weighted by Gasteiger charge is -2.18. The molecular weight excluding hydrogens is 304 g/mol. The van der Waals surface area contributed by atoms with E-state index in [9.17, 15) is 13.2 Å². The lowest BCUT2D eigenvalue weighted by Crippen LogP contribution is -2.28. The van der Waals surface area contributed by atoms with Crippen molar-refractivity contribution < 1.29 is 17.9 Å². The molecule has 0 heterocycles. The number of benzene rings is 1. The second-order valence-electron chi connectivity index (χ2n) is 4.15. The van der Waals surface area contributed by atoms with E-state index in [0.717, 1.165) is 10.6 Å². The number of hydrogen-bond donors (Lipinski definition) is 1. The molecule has 0 aromatic heterocycles. The van der Waals surface area contributed by atoms with Crippen molar-refractivity contribution in [3.63, 3.8) is 0 Å². The van der Waals surface area contributed by atoms with Crippen LogP contribution in [0.2, 0.25) is 5.02 Å². The summed E-state index contributed by atoms with van der Waals surface area (Å²) in [6.45, 7) is 0.768. The Kier molecular flexibility index (Phi) is 5.79. The number of anilines is 1. The Balaban J connectivity index is 3.00. The van der Waals surface area contributed by atoms with Gasteiger partial charge in [0.15, 0.2) is 0 Å². The number of rotatable bonds is 6. The highest BCUT2D eigenvalue weighted by Gasteiger charge is 2.17. The van der Waals surface area contributed by atoms with Crippen LogP contribution in [0.15, 0.2) is 18.2 Å². The summed E-state index contributed by atoms with van der Waals surface area (Å²) in [5.74, 6) is -0.318. The molecule has 112 valence electrons. The van der Waals surface area contributed by atoms with E-state index < -0.39 is 10.0 Å². The van der Waals surface area contributed by atoms with Gasteiger partial charge >= 0.3 is 0 Å². The number of ether oxygens (including phenoxy) is 1. The molecule has 0 saturated heterocycles. The number of carbonyl (C=O) groups excluding carboxylic acids is 1. The molecule has 1 aromatic carbocycles. The van der Waals surface area contributed by atoms with Crippen LogP contribution in [0.1, 0.15) is 10.4 Å². The lowest BCUT2D eigenvalue weighted by molar-refractivity contribution is 0.0937. The zero-order valence-corrected chi connectivity index (χ0v) is 13.1. The summed E-state index contributed by atoms with van der Waals surface area (Å²) < 4.78 is 28.9. The van der Waals surface area contributed by atoms with Gasteiger partial charge in [0.2, 0.25) is 10.0 Å². The summed E-state index contributed by atoms with van der Waals surface area (Å²) in [5, 5.41) is 2.91. The maximum Gasteiger partial charge on any atom is 0.251 e. The highest BCUT2D eigenvalue weighted by molar-refractivity contribution is 7.92. The van der Waals surface area contributed by atoms with Crippen molar-refractivity contribution in [2.75, 3.05) is 37.9 Å². The van der Waals surface area contributed by atoms with Gasteiger partial charge in [-0.15, -0.1) is 0 Å². The van der Waals surface area contributed by atoms with Crippen LogP contribution in [-0.2, 0) is 14.8 Å². The second kappa shape index (κ2) is 6.92. The van der Waals surface area contributed by atoms with E-state index in [1.54, 1.807) is 0 Å². The predicted molar refractivity (Wildman–Crippen MR) is 78.9 cm³/mol. The van der Waals surface area contributed by atoms with Crippen molar-refractivity contribution >= 4 is 33.2 Å². The van der Waals surface area contributed by atoms with Gasteiger partial charge < -0.3 is 10.1 Å². The second-order valence-corrected chi connectivity index (χ2v) is 6.57. The molecule has 0 aliphatic rings. The average Bonchev–Trinajstić information content (AvgIpc) is 2.37. The quantitative estimate of drug-likeness (QED) is 0.797. The number of carbonyl (C=O) groups is 1. The molecule has 0 aliphatic heterocycles. The Morgan fingerprint density at radius 1 is 1.45 bits per heavy atom. The smallest absolute Gasteiger partial charge is 0.251 e. The molecule has 0 saturated carbocycles. The highest BCUT2D eigenvalue weighted by Crippen LogP contribution is 2.27. The largest absolute Gasteiger partial charge is 0.383 e.